The van der Waals surface area contributed by atoms with Crippen LogP contribution < -0.4 is 11.1 Å². The average Bonchev–Trinajstić information content (AvgIpc) is 3.16. The Bertz CT molecular complexity index is 1100. The molecule has 2 aromatic carbocycles. The number of amidine groups is 1. The molecule has 3 rings (SSSR count). The molecular weight excluding hydrogens is 392 g/mol. The summed E-state index contributed by atoms with van der Waals surface area (Å²) in [5.41, 5.74) is 10.1. The molecule has 0 aliphatic carbocycles. The van der Waals surface area contributed by atoms with Crippen molar-refractivity contribution in [2.24, 2.45) is 5.73 Å². The number of amides is 1. The van der Waals surface area contributed by atoms with E-state index in [0.29, 0.717) is 36.3 Å². The van der Waals surface area contributed by atoms with Crippen LogP contribution in [0.5, 0.6) is 0 Å². The van der Waals surface area contributed by atoms with Crippen molar-refractivity contribution in [3.8, 4) is 0 Å². The van der Waals surface area contributed by atoms with Crippen LogP contribution >= 0.6 is 0 Å². The normalized spacial score (nSPS) is 10.5. The van der Waals surface area contributed by atoms with Crippen molar-refractivity contribution in [1.29, 1.82) is 5.41 Å². The van der Waals surface area contributed by atoms with E-state index in [1.54, 1.807) is 38.4 Å². The lowest BCUT2D eigenvalue weighted by Crippen LogP contribution is -2.17. The maximum absolute atomic E-state index is 12.5. The summed E-state index contributed by atoms with van der Waals surface area (Å²) in [7, 11) is 1.59. The molecule has 31 heavy (non-hydrogen) atoms. The summed E-state index contributed by atoms with van der Waals surface area (Å²) in [5, 5.41) is 10.2. The third-order valence-electron chi connectivity index (χ3n) is 4.90. The molecule has 1 amide bonds. The zero-order valence-electron chi connectivity index (χ0n) is 17.6. The Morgan fingerprint density at radius 3 is 2.45 bits per heavy atom. The number of nitrogens with one attached hydrogen (secondary N) is 2. The first-order valence-corrected chi connectivity index (χ1v) is 10.0. The lowest BCUT2D eigenvalue weighted by atomic mass is 10.0. The second-order valence-electron chi connectivity index (χ2n) is 7.16. The van der Waals surface area contributed by atoms with E-state index in [9.17, 15) is 9.59 Å². The molecule has 3 aromatic rings. The lowest BCUT2D eigenvalue weighted by Gasteiger charge is -2.06. The van der Waals surface area contributed by atoms with Crippen LogP contribution in [0.15, 0.2) is 60.9 Å². The third-order valence-corrected chi connectivity index (χ3v) is 4.90. The number of ether oxygens (including phenoxy) is 1. The molecule has 0 unspecified atom stereocenters. The molecule has 0 saturated heterocycles. The molecule has 160 valence electrons. The van der Waals surface area contributed by atoms with E-state index in [2.05, 4.69) is 5.32 Å². The number of carbonyl (C=O) groups is 2. The number of carbonyl (C=O) groups excluding carboxylic acids is 2. The topological polar surface area (TPSA) is 110 Å². The summed E-state index contributed by atoms with van der Waals surface area (Å²) in [6.07, 6.45) is 4.24. The molecule has 0 spiro atoms. The summed E-state index contributed by atoms with van der Waals surface area (Å²) in [6.45, 7) is 2.60. The Balaban J connectivity index is 1.87. The Hall–Kier alpha value is -3.87. The summed E-state index contributed by atoms with van der Waals surface area (Å²) in [5.74, 6) is -0.490. The minimum atomic E-state index is -0.365. The maximum atomic E-state index is 12.5. The van der Waals surface area contributed by atoms with Gasteiger partial charge in [-0.25, -0.2) is 4.79 Å². The van der Waals surface area contributed by atoms with Gasteiger partial charge < -0.3 is 20.4 Å². The summed E-state index contributed by atoms with van der Waals surface area (Å²) < 4.78 is 7.17. The molecular formula is C24H26N4O3. The molecule has 0 atom stereocenters. The smallest absolute Gasteiger partial charge is 0.339 e. The van der Waals surface area contributed by atoms with Crippen molar-refractivity contribution in [2.75, 3.05) is 13.7 Å². The minimum absolute atomic E-state index is 0.0162. The van der Waals surface area contributed by atoms with Crippen LogP contribution in [0.4, 0.5) is 0 Å². The van der Waals surface area contributed by atoms with E-state index in [0.717, 1.165) is 16.7 Å². The van der Waals surface area contributed by atoms with Gasteiger partial charge in [-0.05, 0) is 48.2 Å². The molecule has 1 heterocycles. The number of nitrogens with zero attached hydrogens (tertiary/aromatic N) is 1. The highest BCUT2D eigenvalue weighted by atomic mass is 16.5. The summed E-state index contributed by atoms with van der Waals surface area (Å²) in [4.78, 5) is 24.3. The van der Waals surface area contributed by atoms with Crippen LogP contribution in [0.3, 0.4) is 0 Å². The molecule has 0 aliphatic heterocycles. The lowest BCUT2D eigenvalue weighted by molar-refractivity contribution is 0.0525. The fourth-order valence-corrected chi connectivity index (χ4v) is 3.37. The average molecular weight is 418 g/mol. The van der Waals surface area contributed by atoms with Gasteiger partial charge >= 0.3 is 5.97 Å². The summed E-state index contributed by atoms with van der Waals surface area (Å²) >= 11 is 0. The molecule has 4 N–H and O–H groups in total. The number of nitrogens with two attached hydrogens (primary N) is 1. The number of hydrogen-bond donors (Lipinski definition) is 3. The zero-order chi connectivity index (χ0) is 22.4. The van der Waals surface area contributed by atoms with Gasteiger partial charge in [-0.15, -0.1) is 0 Å². The van der Waals surface area contributed by atoms with Gasteiger partial charge in [-0.3, -0.25) is 10.2 Å². The Labute approximate surface area is 181 Å². The number of rotatable bonds is 8. The quantitative estimate of drug-likeness (QED) is 0.297. The molecule has 7 nitrogen and oxygen atoms in total. The van der Waals surface area contributed by atoms with Crippen LogP contribution in [-0.4, -0.2) is 35.9 Å². The SMILES string of the molecule is CCOC(=O)c1cn(Cc2cccc(C(=N)N)c2)cc1Cc1ccc(C(=O)NC)cc1. The van der Waals surface area contributed by atoms with Crippen molar-refractivity contribution in [2.45, 2.75) is 19.9 Å². The van der Waals surface area contributed by atoms with E-state index in [1.165, 1.54) is 0 Å². The van der Waals surface area contributed by atoms with Crippen molar-refractivity contribution in [3.05, 3.63) is 94.3 Å². The van der Waals surface area contributed by atoms with Gasteiger partial charge in [-0.2, -0.15) is 0 Å². The highest BCUT2D eigenvalue weighted by Gasteiger charge is 2.17. The second-order valence-corrected chi connectivity index (χ2v) is 7.16. The van der Waals surface area contributed by atoms with Gasteiger partial charge in [0.1, 0.15) is 5.84 Å². The van der Waals surface area contributed by atoms with Gasteiger partial charge in [-0.1, -0.05) is 30.3 Å². The molecule has 1 aromatic heterocycles. The highest BCUT2D eigenvalue weighted by Crippen LogP contribution is 2.19. The predicted octanol–water partition coefficient (Wildman–Crippen LogP) is 2.95. The van der Waals surface area contributed by atoms with Gasteiger partial charge in [0.25, 0.3) is 5.91 Å². The van der Waals surface area contributed by atoms with Crippen molar-refractivity contribution < 1.29 is 14.3 Å². The molecule has 0 fully saturated rings. The zero-order valence-corrected chi connectivity index (χ0v) is 17.6. The van der Waals surface area contributed by atoms with Gasteiger partial charge in [0.2, 0.25) is 0 Å². The minimum Gasteiger partial charge on any atom is -0.462 e. The number of hydrogen-bond acceptors (Lipinski definition) is 4. The van der Waals surface area contributed by atoms with E-state index < -0.39 is 0 Å². The van der Waals surface area contributed by atoms with E-state index >= 15 is 0 Å². The predicted molar refractivity (Wildman–Crippen MR) is 120 cm³/mol. The largest absolute Gasteiger partial charge is 0.462 e. The standard InChI is InChI=1S/C24H26N4O3/c1-3-31-24(30)21-15-28(13-17-5-4-6-19(12-17)22(25)26)14-20(21)11-16-7-9-18(10-8-16)23(29)27-2/h4-10,12,14-15H,3,11,13H2,1-2H3,(H3,25,26)(H,27,29). The molecule has 7 heteroatoms. The number of aromatic nitrogens is 1. The first-order valence-electron chi connectivity index (χ1n) is 10.0. The van der Waals surface area contributed by atoms with Gasteiger partial charge in [0.15, 0.2) is 0 Å². The molecule has 0 aliphatic rings. The summed E-state index contributed by atoms with van der Waals surface area (Å²) in [6, 6.07) is 14.8. The number of esters is 1. The Kier molecular flexibility index (Phi) is 6.87. The van der Waals surface area contributed by atoms with Gasteiger partial charge in [0.05, 0.1) is 12.2 Å². The first kappa shape index (κ1) is 21.8. The fourth-order valence-electron chi connectivity index (χ4n) is 3.37. The van der Waals surface area contributed by atoms with Gasteiger partial charge in [0, 0.05) is 37.1 Å². The monoisotopic (exact) mass is 418 g/mol. The van der Waals surface area contributed by atoms with Crippen molar-refractivity contribution in [3.63, 3.8) is 0 Å². The van der Waals surface area contributed by atoms with Crippen LogP contribution in [0.2, 0.25) is 0 Å². The third kappa shape index (κ3) is 5.39. The Morgan fingerprint density at radius 1 is 1.06 bits per heavy atom. The second kappa shape index (κ2) is 9.75. The van der Waals surface area contributed by atoms with E-state index in [1.807, 2.05) is 41.1 Å². The van der Waals surface area contributed by atoms with E-state index in [-0.39, 0.29) is 17.7 Å². The molecule has 0 radical (unpaired) electrons. The molecule has 0 saturated carbocycles. The van der Waals surface area contributed by atoms with Crippen LogP contribution in [0.25, 0.3) is 0 Å². The molecule has 0 bridgehead atoms. The maximum Gasteiger partial charge on any atom is 0.339 e. The van der Waals surface area contributed by atoms with E-state index in [4.69, 9.17) is 15.9 Å². The number of benzene rings is 2. The Morgan fingerprint density at radius 2 is 1.81 bits per heavy atom. The fraction of sp³-hybridized carbons (Fsp3) is 0.208. The van der Waals surface area contributed by atoms with Crippen molar-refractivity contribution in [1.82, 2.24) is 9.88 Å². The van der Waals surface area contributed by atoms with Crippen LogP contribution in [0, 0.1) is 5.41 Å². The van der Waals surface area contributed by atoms with Crippen LogP contribution in [0.1, 0.15) is 49.9 Å². The first-order chi connectivity index (χ1) is 14.9. The highest BCUT2D eigenvalue weighted by molar-refractivity contribution is 5.95. The van der Waals surface area contributed by atoms with Crippen LogP contribution in [-0.2, 0) is 17.7 Å². The number of nitrogen functional groups attached to an aromatic ring is 1. The van der Waals surface area contributed by atoms with Crippen molar-refractivity contribution >= 4 is 17.7 Å².